The van der Waals surface area contributed by atoms with Crippen molar-refractivity contribution in [2.45, 2.75) is 70.4 Å². The first-order chi connectivity index (χ1) is 17.2. The van der Waals surface area contributed by atoms with E-state index >= 15 is 0 Å². The molecule has 0 atom stereocenters. The van der Waals surface area contributed by atoms with E-state index < -0.39 is 35.3 Å². The van der Waals surface area contributed by atoms with Gasteiger partial charge in [-0.2, -0.15) is 13.5 Å². The van der Waals surface area contributed by atoms with Crippen molar-refractivity contribution in [3.05, 3.63) is 40.7 Å². The minimum atomic E-state index is -4.34. The summed E-state index contributed by atoms with van der Waals surface area (Å²) in [5.74, 6) is 0. The Kier molecular flexibility index (Phi) is 8.84. The third-order valence-corrected chi connectivity index (χ3v) is 8.88. The number of hydrogen-bond donors (Lipinski definition) is 2. The van der Waals surface area contributed by atoms with Crippen LogP contribution in [0.5, 0.6) is 0 Å². The van der Waals surface area contributed by atoms with Gasteiger partial charge in [-0.3, -0.25) is 4.68 Å². The molecule has 0 radical (unpaired) electrons. The first-order valence-corrected chi connectivity index (χ1v) is 13.9. The second kappa shape index (κ2) is 11.6. The van der Waals surface area contributed by atoms with Crippen LogP contribution in [-0.4, -0.2) is 61.7 Å². The zero-order valence-corrected chi connectivity index (χ0v) is 24.2. The number of nitrogens with zero attached hydrogens (tertiary/aromatic N) is 4. The average molecular weight is 547 g/mol. The van der Waals surface area contributed by atoms with Crippen LogP contribution in [0.2, 0.25) is 0 Å². The van der Waals surface area contributed by atoms with Gasteiger partial charge in [-0.05, 0) is 93.8 Å². The number of likely N-dealkylation sites (tertiary alicyclic amines) is 1. The van der Waals surface area contributed by atoms with Crippen LogP contribution in [0.1, 0.15) is 49.4 Å². The quantitative estimate of drug-likeness (QED) is 0.484. The molecule has 2 heterocycles. The van der Waals surface area contributed by atoms with E-state index in [0.29, 0.717) is 25.9 Å². The second-order valence-corrected chi connectivity index (χ2v) is 11.5. The van der Waals surface area contributed by atoms with Gasteiger partial charge < -0.3 is 11.6 Å². The first-order valence-electron chi connectivity index (χ1n) is 12.5. The molecular weight excluding hydrogens is 513 g/mol. The number of halogens is 2. The molecule has 37 heavy (non-hydrogen) atoms. The summed E-state index contributed by atoms with van der Waals surface area (Å²) in [5.41, 5.74) is 5.57. The van der Waals surface area contributed by atoms with Gasteiger partial charge in [0.05, 0.1) is 11.9 Å². The number of benzene rings is 1. The SMILES string of the molecule is CN1CCC(N(c2cnn(CC(F)F)c2)S(=O)(=O)NC(=O)Nc2c3c(cc4c2CCC4)CCC3)CC1.[H-].[Na+]. The number of rotatable bonds is 7. The van der Waals surface area contributed by atoms with Crippen molar-refractivity contribution >= 4 is 27.6 Å². The molecule has 1 aromatic carbocycles. The molecule has 1 fully saturated rings. The predicted octanol–water partition coefficient (Wildman–Crippen LogP) is 0.209. The first kappa shape index (κ1) is 28.3. The maximum absolute atomic E-state index is 13.6. The number of fused-ring (bicyclic) bond motifs is 2. The number of carbonyl (C=O) groups is 1. The number of hydrogen-bond acceptors (Lipinski definition) is 5. The molecule has 2 aromatic rings. The summed E-state index contributed by atoms with van der Waals surface area (Å²) in [6.45, 7) is 0.714. The van der Waals surface area contributed by atoms with Crippen LogP contribution in [0, 0.1) is 0 Å². The Morgan fingerprint density at radius 3 is 2.38 bits per heavy atom. The van der Waals surface area contributed by atoms with Crippen LogP contribution in [0.3, 0.4) is 0 Å². The van der Waals surface area contributed by atoms with E-state index in [2.05, 4.69) is 26.1 Å². The fourth-order valence-electron chi connectivity index (χ4n) is 5.76. The summed E-state index contributed by atoms with van der Waals surface area (Å²) in [7, 11) is -2.39. The predicted molar refractivity (Wildman–Crippen MR) is 134 cm³/mol. The van der Waals surface area contributed by atoms with Crippen molar-refractivity contribution in [2.24, 2.45) is 0 Å². The Bertz CT molecular complexity index is 1220. The topological polar surface area (TPSA) is 99.6 Å². The van der Waals surface area contributed by atoms with Gasteiger partial charge in [-0.25, -0.2) is 22.6 Å². The molecule has 2 N–H and O–H groups in total. The summed E-state index contributed by atoms with van der Waals surface area (Å²) in [5, 5.41) is 6.78. The molecule has 198 valence electrons. The normalized spacial score (nSPS) is 17.8. The number of alkyl halides is 2. The Morgan fingerprint density at radius 2 is 1.78 bits per heavy atom. The minimum Gasteiger partial charge on any atom is -1.00 e. The molecule has 0 spiro atoms. The minimum absolute atomic E-state index is 0. The Balaban J connectivity index is 0.00000200. The molecule has 1 aliphatic heterocycles. The van der Waals surface area contributed by atoms with Gasteiger partial charge in [0.2, 0.25) is 0 Å². The molecule has 1 aromatic heterocycles. The van der Waals surface area contributed by atoms with Crippen molar-refractivity contribution in [3.63, 3.8) is 0 Å². The molecule has 0 bridgehead atoms. The van der Waals surface area contributed by atoms with Gasteiger partial charge in [-0.1, -0.05) is 6.07 Å². The number of aryl methyl sites for hydroxylation is 2. The number of piperidine rings is 1. The second-order valence-electron chi connectivity index (χ2n) is 9.94. The molecule has 3 aliphatic rings. The number of aromatic nitrogens is 2. The third-order valence-electron chi connectivity index (χ3n) is 7.41. The zero-order chi connectivity index (χ0) is 25.4. The van der Waals surface area contributed by atoms with E-state index in [9.17, 15) is 22.0 Å². The van der Waals surface area contributed by atoms with Gasteiger partial charge in [0.25, 0.3) is 6.43 Å². The Morgan fingerprint density at radius 1 is 1.16 bits per heavy atom. The van der Waals surface area contributed by atoms with Crippen molar-refractivity contribution in [3.8, 4) is 0 Å². The fourth-order valence-corrected chi connectivity index (χ4v) is 7.11. The van der Waals surface area contributed by atoms with Gasteiger partial charge in [-0.15, -0.1) is 0 Å². The molecule has 13 heteroatoms. The van der Waals surface area contributed by atoms with Gasteiger partial charge >= 0.3 is 45.8 Å². The summed E-state index contributed by atoms with van der Waals surface area (Å²) < 4.78 is 57.2. The van der Waals surface area contributed by atoms with E-state index in [1.165, 1.54) is 23.5 Å². The molecule has 5 rings (SSSR count). The van der Waals surface area contributed by atoms with Crippen molar-refractivity contribution in [1.82, 2.24) is 19.4 Å². The van der Waals surface area contributed by atoms with Crippen LogP contribution in [0.15, 0.2) is 18.5 Å². The van der Waals surface area contributed by atoms with Crippen LogP contribution in [0.25, 0.3) is 0 Å². The largest absolute Gasteiger partial charge is 1.00 e. The van der Waals surface area contributed by atoms with Crippen LogP contribution in [0.4, 0.5) is 25.0 Å². The van der Waals surface area contributed by atoms with Gasteiger partial charge in [0.1, 0.15) is 6.54 Å². The van der Waals surface area contributed by atoms with E-state index in [1.54, 1.807) is 0 Å². The van der Waals surface area contributed by atoms with Crippen molar-refractivity contribution < 1.29 is 53.0 Å². The van der Waals surface area contributed by atoms with E-state index in [0.717, 1.165) is 64.3 Å². The maximum Gasteiger partial charge on any atom is 1.00 e. The Hall–Kier alpha value is -1.73. The standard InChI is InChI=1S/C24H32F2N6O3S.Na.H/c1-30-10-8-18(9-11-30)32(19-13-27-31(14-19)15-22(25)26)36(34,35)29-24(33)28-23-20-6-2-4-16(20)12-17-5-3-7-21(17)23;;/h12-14,18,22H,2-11,15H2,1H3,(H2,28,29,33);;/q;+1;-1. The number of nitrogens with one attached hydrogen (secondary N) is 2. The number of carbonyl (C=O) groups excluding carboxylic acids is 1. The number of anilines is 2. The number of amides is 2. The molecular formula is C24H33F2N6NaO3S. The van der Waals surface area contributed by atoms with Crippen molar-refractivity contribution in [2.75, 3.05) is 29.8 Å². The van der Waals surface area contributed by atoms with Gasteiger partial charge in [0.15, 0.2) is 0 Å². The Labute approximate surface area is 239 Å². The van der Waals surface area contributed by atoms with Crippen molar-refractivity contribution in [1.29, 1.82) is 0 Å². The molecule has 2 amide bonds. The molecule has 0 unspecified atom stereocenters. The van der Waals surface area contributed by atoms with E-state index in [4.69, 9.17) is 0 Å². The summed E-state index contributed by atoms with van der Waals surface area (Å²) in [6, 6.07) is 0.992. The average Bonchev–Trinajstić information content (AvgIpc) is 3.55. The van der Waals surface area contributed by atoms with E-state index in [1.807, 2.05) is 7.05 Å². The fraction of sp³-hybridized carbons (Fsp3) is 0.583. The number of urea groups is 1. The van der Waals surface area contributed by atoms with Crippen LogP contribution >= 0.6 is 0 Å². The smallest absolute Gasteiger partial charge is 1.00 e. The zero-order valence-electron chi connectivity index (χ0n) is 22.3. The summed E-state index contributed by atoms with van der Waals surface area (Å²) in [6.07, 6.45) is 6.67. The summed E-state index contributed by atoms with van der Waals surface area (Å²) >= 11 is 0. The monoisotopic (exact) mass is 546 g/mol. The molecule has 0 saturated carbocycles. The molecule has 1 saturated heterocycles. The third kappa shape index (κ3) is 6.13. The molecule has 9 nitrogen and oxygen atoms in total. The molecule has 2 aliphatic carbocycles. The van der Waals surface area contributed by atoms with E-state index in [-0.39, 0.29) is 36.7 Å². The summed E-state index contributed by atoms with van der Waals surface area (Å²) in [4.78, 5) is 15.2. The van der Waals surface area contributed by atoms with Crippen LogP contribution in [-0.2, 0) is 42.4 Å². The van der Waals surface area contributed by atoms with Crippen LogP contribution < -0.4 is 43.9 Å². The maximum atomic E-state index is 13.6. The van der Waals surface area contributed by atoms with Gasteiger partial charge in [0, 0.05) is 17.9 Å².